The van der Waals surface area contributed by atoms with Crippen molar-refractivity contribution in [1.29, 1.82) is 0 Å². The average Bonchev–Trinajstić information content (AvgIpc) is 3.03. The summed E-state index contributed by atoms with van der Waals surface area (Å²) >= 11 is 0. The largest absolute Gasteiger partial charge is 0.385 e. The Bertz CT molecular complexity index is 531. The zero-order valence-corrected chi connectivity index (χ0v) is 11.5. The molecule has 1 aromatic carbocycles. The molecule has 1 aromatic rings. The van der Waals surface area contributed by atoms with Gasteiger partial charge in [0.15, 0.2) is 0 Å². The molecule has 0 aromatic heterocycles. The predicted octanol–water partition coefficient (Wildman–Crippen LogP) is 0.986. The first-order valence-electron chi connectivity index (χ1n) is 6.90. The lowest BCUT2D eigenvalue weighted by Crippen LogP contribution is -2.47. The Kier molecular flexibility index (Phi) is 3.50. The second-order valence-electron chi connectivity index (χ2n) is 5.53. The fourth-order valence-corrected chi connectivity index (χ4v) is 2.65. The summed E-state index contributed by atoms with van der Waals surface area (Å²) in [5, 5.41) is 13.1. The van der Waals surface area contributed by atoms with Crippen molar-refractivity contribution < 1.29 is 19.4 Å². The summed E-state index contributed by atoms with van der Waals surface area (Å²) in [6.07, 6.45) is 0.295. The van der Waals surface area contributed by atoms with Gasteiger partial charge < -0.3 is 19.9 Å². The van der Waals surface area contributed by atoms with Gasteiger partial charge in [-0.1, -0.05) is 6.07 Å². The van der Waals surface area contributed by atoms with Crippen molar-refractivity contribution in [3.63, 3.8) is 0 Å². The van der Waals surface area contributed by atoms with E-state index in [1.54, 1.807) is 6.07 Å². The van der Waals surface area contributed by atoms with Crippen LogP contribution in [0.4, 0.5) is 0 Å². The van der Waals surface area contributed by atoms with E-state index in [4.69, 9.17) is 9.47 Å². The van der Waals surface area contributed by atoms with Gasteiger partial charge in [0.1, 0.15) is 5.60 Å². The Labute approximate surface area is 117 Å². The Morgan fingerprint density at radius 1 is 1.45 bits per heavy atom. The van der Waals surface area contributed by atoms with E-state index in [0.29, 0.717) is 31.8 Å². The van der Waals surface area contributed by atoms with Crippen molar-refractivity contribution in [2.75, 3.05) is 13.2 Å². The zero-order valence-electron chi connectivity index (χ0n) is 11.5. The fraction of sp³-hybridized carbons (Fsp3) is 0.533. The van der Waals surface area contributed by atoms with Gasteiger partial charge in [0.25, 0.3) is 5.91 Å². The van der Waals surface area contributed by atoms with Gasteiger partial charge >= 0.3 is 0 Å². The maximum absolute atomic E-state index is 12.1. The number of aliphatic hydroxyl groups is 1. The first kappa shape index (κ1) is 13.5. The van der Waals surface area contributed by atoms with Gasteiger partial charge in [0, 0.05) is 25.1 Å². The quantitative estimate of drug-likeness (QED) is 0.864. The normalized spacial score (nSPS) is 28.4. The van der Waals surface area contributed by atoms with Crippen molar-refractivity contribution in [2.45, 2.75) is 38.3 Å². The van der Waals surface area contributed by atoms with Crippen LogP contribution in [0.2, 0.25) is 0 Å². The lowest BCUT2D eigenvalue weighted by Gasteiger charge is -2.26. The molecular weight excluding hydrogens is 258 g/mol. The average molecular weight is 277 g/mol. The van der Waals surface area contributed by atoms with E-state index in [1.165, 1.54) is 0 Å². The van der Waals surface area contributed by atoms with Crippen LogP contribution >= 0.6 is 0 Å². The van der Waals surface area contributed by atoms with E-state index in [-0.39, 0.29) is 18.6 Å². The van der Waals surface area contributed by atoms with E-state index in [0.717, 1.165) is 11.1 Å². The van der Waals surface area contributed by atoms with Gasteiger partial charge in [-0.25, -0.2) is 0 Å². The molecule has 5 nitrogen and oxygen atoms in total. The van der Waals surface area contributed by atoms with Gasteiger partial charge in [0.2, 0.25) is 0 Å². The number of hydrogen-bond acceptors (Lipinski definition) is 4. The summed E-state index contributed by atoms with van der Waals surface area (Å²) in [4.78, 5) is 12.1. The number of carbonyl (C=O) groups excluding carboxylic acids is 1. The summed E-state index contributed by atoms with van der Waals surface area (Å²) in [7, 11) is 0. The third-order valence-electron chi connectivity index (χ3n) is 4.20. The minimum Gasteiger partial charge on any atom is -0.385 e. The lowest BCUT2D eigenvalue weighted by molar-refractivity contribution is -0.0251. The van der Waals surface area contributed by atoms with Crippen molar-refractivity contribution in [1.82, 2.24) is 5.32 Å². The van der Waals surface area contributed by atoms with Crippen LogP contribution < -0.4 is 5.32 Å². The molecule has 5 heteroatoms. The number of amides is 1. The van der Waals surface area contributed by atoms with Gasteiger partial charge in [-0.05, 0) is 30.2 Å². The minimum absolute atomic E-state index is 0.174. The summed E-state index contributed by atoms with van der Waals surface area (Å²) in [6, 6.07) is 5.57. The van der Waals surface area contributed by atoms with Gasteiger partial charge in [-0.2, -0.15) is 0 Å². The second-order valence-corrected chi connectivity index (χ2v) is 5.53. The summed E-state index contributed by atoms with van der Waals surface area (Å²) in [5.41, 5.74) is 1.84. The maximum atomic E-state index is 12.1. The predicted molar refractivity (Wildman–Crippen MR) is 72.2 cm³/mol. The molecule has 2 atom stereocenters. The van der Waals surface area contributed by atoms with Crippen LogP contribution in [0.5, 0.6) is 0 Å². The van der Waals surface area contributed by atoms with Crippen molar-refractivity contribution in [3.8, 4) is 0 Å². The summed E-state index contributed by atoms with van der Waals surface area (Å²) in [5.74, 6) is -0.174. The number of nitrogens with one attached hydrogen (secondary N) is 1. The zero-order chi connectivity index (χ0) is 14.2. The molecule has 1 amide bonds. The first-order valence-corrected chi connectivity index (χ1v) is 6.90. The highest BCUT2D eigenvalue weighted by atomic mass is 16.5. The van der Waals surface area contributed by atoms with Crippen molar-refractivity contribution in [2.24, 2.45) is 0 Å². The number of hydrogen-bond donors (Lipinski definition) is 2. The Morgan fingerprint density at radius 2 is 2.25 bits per heavy atom. The van der Waals surface area contributed by atoms with Crippen LogP contribution in [0.1, 0.15) is 34.8 Å². The van der Waals surface area contributed by atoms with Gasteiger partial charge in [0.05, 0.1) is 19.3 Å². The van der Waals surface area contributed by atoms with E-state index in [2.05, 4.69) is 5.32 Å². The SMILES string of the molecule is CC1OCCC1(O)CNC(=O)c1ccc2c(c1)COC2. The van der Waals surface area contributed by atoms with E-state index in [1.807, 2.05) is 19.1 Å². The molecule has 2 heterocycles. The van der Waals surface area contributed by atoms with E-state index >= 15 is 0 Å². The molecule has 0 aliphatic carbocycles. The second kappa shape index (κ2) is 5.16. The Balaban J connectivity index is 1.65. The van der Waals surface area contributed by atoms with Gasteiger partial charge in [-0.15, -0.1) is 0 Å². The Hall–Kier alpha value is -1.43. The minimum atomic E-state index is -0.963. The molecule has 0 bridgehead atoms. The summed E-state index contributed by atoms with van der Waals surface area (Å²) < 4.78 is 10.7. The first-order chi connectivity index (χ1) is 9.58. The molecule has 0 radical (unpaired) electrons. The highest BCUT2D eigenvalue weighted by Crippen LogP contribution is 2.25. The molecule has 2 aliphatic rings. The van der Waals surface area contributed by atoms with Crippen LogP contribution in [0.15, 0.2) is 18.2 Å². The van der Waals surface area contributed by atoms with Crippen molar-refractivity contribution in [3.05, 3.63) is 34.9 Å². The van der Waals surface area contributed by atoms with E-state index < -0.39 is 5.60 Å². The van der Waals surface area contributed by atoms with Crippen LogP contribution in [-0.4, -0.2) is 35.9 Å². The molecule has 2 aliphatic heterocycles. The topological polar surface area (TPSA) is 67.8 Å². The van der Waals surface area contributed by atoms with E-state index in [9.17, 15) is 9.90 Å². The third-order valence-corrected chi connectivity index (χ3v) is 4.20. The van der Waals surface area contributed by atoms with Gasteiger partial charge in [-0.3, -0.25) is 4.79 Å². The van der Waals surface area contributed by atoms with Crippen LogP contribution in [-0.2, 0) is 22.7 Å². The number of rotatable bonds is 3. The van der Waals surface area contributed by atoms with Crippen LogP contribution in [0.3, 0.4) is 0 Å². The number of benzene rings is 1. The molecule has 2 N–H and O–H groups in total. The molecule has 3 rings (SSSR count). The highest BCUT2D eigenvalue weighted by molar-refractivity contribution is 5.94. The molecule has 1 fully saturated rings. The molecule has 2 unspecified atom stereocenters. The van der Waals surface area contributed by atoms with Crippen LogP contribution in [0, 0.1) is 0 Å². The molecule has 20 heavy (non-hydrogen) atoms. The number of fused-ring (bicyclic) bond motifs is 1. The highest BCUT2D eigenvalue weighted by Gasteiger charge is 2.39. The smallest absolute Gasteiger partial charge is 0.251 e. The third kappa shape index (κ3) is 2.44. The molecule has 0 saturated carbocycles. The summed E-state index contributed by atoms with van der Waals surface area (Å²) in [6.45, 7) is 3.74. The monoisotopic (exact) mass is 277 g/mol. The molecule has 108 valence electrons. The Morgan fingerprint density at radius 3 is 3.00 bits per heavy atom. The fourth-order valence-electron chi connectivity index (χ4n) is 2.65. The van der Waals surface area contributed by atoms with Crippen molar-refractivity contribution >= 4 is 5.91 Å². The molecule has 0 spiro atoms. The van der Waals surface area contributed by atoms with Crippen LogP contribution in [0.25, 0.3) is 0 Å². The molecule has 1 saturated heterocycles. The standard InChI is InChI=1S/C15H19NO4/c1-10-15(18,4-5-20-10)9-16-14(17)11-2-3-12-7-19-8-13(12)6-11/h2-3,6,10,18H,4-5,7-9H2,1H3,(H,16,17). The maximum Gasteiger partial charge on any atom is 0.251 e. The number of ether oxygens (including phenoxy) is 2. The molecular formula is C15H19NO4. The number of carbonyl (C=O) groups is 1. The lowest BCUT2D eigenvalue weighted by atomic mass is 9.96.